The lowest BCUT2D eigenvalue weighted by Crippen LogP contribution is -2.47. The molecule has 152 valence electrons. The molecule has 0 saturated heterocycles. The van der Waals surface area contributed by atoms with Crippen LogP contribution in [0.2, 0.25) is 0 Å². The maximum absolute atomic E-state index is 13.2. The molecular weight excluding hydrogens is 374 g/mol. The topological polar surface area (TPSA) is 62.6 Å². The van der Waals surface area contributed by atoms with Crippen LogP contribution in [0.3, 0.4) is 0 Å². The summed E-state index contributed by atoms with van der Waals surface area (Å²) in [7, 11) is -1.78. The zero-order valence-corrected chi connectivity index (χ0v) is 17.6. The van der Waals surface area contributed by atoms with Gasteiger partial charge in [0, 0.05) is 31.0 Å². The van der Waals surface area contributed by atoms with Crippen LogP contribution in [0, 0.1) is 0 Å². The minimum Gasteiger partial charge on any atom is -0.353 e. The van der Waals surface area contributed by atoms with Crippen LogP contribution >= 0.6 is 0 Å². The number of hydrogen-bond acceptors (Lipinski definition) is 3. The highest BCUT2D eigenvalue weighted by molar-refractivity contribution is 7.89. The number of carbonyl (C=O) groups is 1. The van der Waals surface area contributed by atoms with Crippen molar-refractivity contribution in [2.24, 2.45) is 7.05 Å². The highest BCUT2D eigenvalue weighted by Crippen LogP contribution is 2.29. The standard InChI is InChI=1S/C21H29N3O3S/c1-4-17(2)24(28(26,27)20-10-6-5-7-11-20)16-21(25)23(18-12-13-18)15-19-9-8-14-22(19)3/h5-11,14,17-18H,4,12-13,15-16H2,1-3H3. The Balaban J connectivity index is 1.83. The van der Waals surface area contributed by atoms with Crippen molar-refractivity contribution < 1.29 is 13.2 Å². The fraction of sp³-hybridized carbons (Fsp3) is 0.476. The van der Waals surface area contributed by atoms with Gasteiger partial charge in [-0.25, -0.2) is 8.42 Å². The monoisotopic (exact) mass is 403 g/mol. The van der Waals surface area contributed by atoms with E-state index in [9.17, 15) is 13.2 Å². The normalized spacial score (nSPS) is 15.6. The number of aryl methyl sites for hydroxylation is 1. The Morgan fingerprint density at radius 3 is 2.39 bits per heavy atom. The molecule has 0 spiro atoms. The predicted octanol–water partition coefficient (Wildman–Crippen LogP) is 3.01. The zero-order chi connectivity index (χ0) is 20.3. The van der Waals surface area contributed by atoms with E-state index in [-0.39, 0.29) is 29.4 Å². The summed E-state index contributed by atoms with van der Waals surface area (Å²) in [5.41, 5.74) is 1.04. The van der Waals surface area contributed by atoms with E-state index in [0.717, 1.165) is 18.5 Å². The van der Waals surface area contributed by atoms with E-state index in [1.165, 1.54) is 4.31 Å². The SMILES string of the molecule is CCC(C)N(CC(=O)N(Cc1cccn1C)C1CC1)S(=O)(=O)c1ccccc1. The van der Waals surface area contributed by atoms with Gasteiger partial charge in [0.2, 0.25) is 15.9 Å². The average molecular weight is 404 g/mol. The van der Waals surface area contributed by atoms with Crippen molar-refractivity contribution in [3.63, 3.8) is 0 Å². The largest absolute Gasteiger partial charge is 0.353 e. The molecule has 3 rings (SSSR count). The molecular formula is C21H29N3O3S. The van der Waals surface area contributed by atoms with Crippen molar-refractivity contribution in [2.75, 3.05) is 6.54 Å². The van der Waals surface area contributed by atoms with Gasteiger partial charge in [-0.3, -0.25) is 4.79 Å². The first-order chi connectivity index (χ1) is 13.3. The van der Waals surface area contributed by atoms with Gasteiger partial charge < -0.3 is 9.47 Å². The molecule has 1 atom stereocenters. The third-order valence-corrected chi connectivity index (χ3v) is 7.39. The number of amides is 1. The first kappa shape index (κ1) is 20.6. The Kier molecular flexibility index (Phi) is 6.25. The van der Waals surface area contributed by atoms with Crippen LogP contribution in [0.1, 0.15) is 38.8 Å². The molecule has 0 aliphatic heterocycles. The van der Waals surface area contributed by atoms with E-state index in [1.54, 1.807) is 30.3 Å². The van der Waals surface area contributed by atoms with Gasteiger partial charge in [-0.05, 0) is 50.5 Å². The summed E-state index contributed by atoms with van der Waals surface area (Å²) in [6, 6.07) is 12.3. The summed E-state index contributed by atoms with van der Waals surface area (Å²) in [5, 5.41) is 0. The minimum absolute atomic E-state index is 0.132. The second kappa shape index (κ2) is 8.49. The number of aromatic nitrogens is 1. The third kappa shape index (κ3) is 4.47. The molecule has 1 aliphatic rings. The number of nitrogens with zero attached hydrogens (tertiary/aromatic N) is 3. The van der Waals surface area contributed by atoms with Crippen molar-refractivity contribution >= 4 is 15.9 Å². The van der Waals surface area contributed by atoms with Crippen LogP contribution in [-0.2, 0) is 28.4 Å². The average Bonchev–Trinajstić information content (AvgIpc) is 3.46. The fourth-order valence-electron chi connectivity index (χ4n) is 3.28. The van der Waals surface area contributed by atoms with Crippen molar-refractivity contribution in [2.45, 2.75) is 56.6 Å². The molecule has 2 aromatic rings. The van der Waals surface area contributed by atoms with E-state index in [2.05, 4.69) is 0 Å². The summed E-state index contributed by atoms with van der Waals surface area (Å²) >= 11 is 0. The molecule has 6 nitrogen and oxygen atoms in total. The molecule has 0 bridgehead atoms. The Hall–Kier alpha value is -2.12. The molecule has 1 aromatic carbocycles. The summed E-state index contributed by atoms with van der Waals surface area (Å²) < 4.78 is 29.7. The van der Waals surface area contributed by atoms with Crippen LogP contribution < -0.4 is 0 Å². The molecule has 0 radical (unpaired) electrons. The van der Waals surface area contributed by atoms with E-state index in [0.29, 0.717) is 13.0 Å². The number of sulfonamides is 1. The predicted molar refractivity (Wildman–Crippen MR) is 109 cm³/mol. The molecule has 1 aromatic heterocycles. The van der Waals surface area contributed by atoms with Crippen LogP contribution in [0.5, 0.6) is 0 Å². The molecule has 1 heterocycles. The summed E-state index contributed by atoms with van der Waals surface area (Å²) in [6.45, 7) is 4.16. The third-order valence-electron chi connectivity index (χ3n) is 5.41. The van der Waals surface area contributed by atoms with Crippen molar-refractivity contribution in [3.8, 4) is 0 Å². The van der Waals surface area contributed by atoms with Crippen LogP contribution in [-0.4, -0.2) is 46.7 Å². The Morgan fingerprint density at radius 2 is 1.86 bits per heavy atom. The first-order valence-corrected chi connectivity index (χ1v) is 11.2. The van der Waals surface area contributed by atoms with Gasteiger partial charge in [0.25, 0.3) is 0 Å². The van der Waals surface area contributed by atoms with E-state index in [4.69, 9.17) is 0 Å². The Morgan fingerprint density at radius 1 is 1.18 bits per heavy atom. The highest BCUT2D eigenvalue weighted by Gasteiger charge is 2.37. The minimum atomic E-state index is -3.74. The highest BCUT2D eigenvalue weighted by atomic mass is 32.2. The molecule has 1 saturated carbocycles. The second-order valence-corrected chi connectivity index (χ2v) is 9.37. The molecule has 7 heteroatoms. The molecule has 1 aliphatic carbocycles. The smallest absolute Gasteiger partial charge is 0.243 e. The van der Waals surface area contributed by atoms with Crippen LogP contribution in [0.4, 0.5) is 0 Å². The summed E-state index contributed by atoms with van der Waals surface area (Å²) in [5.74, 6) is -0.136. The van der Waals surface area contributed by atoms with Gasteiger partial charge in [0.05, 0.1) is 18.0 Å². The molecule has 1 unspecified atom stereocenters. The zero-order valence-electron chi connectivity index (χ0n) is 16.8. The van der Waals surface area contributed by atoms with Gasteiger partial charge in [0.15, 0.2) is 0 Å². The second-order valence-electron chi connectivity index (χ2n) is 7.48. The summed E-state index contributed by atoms with van der Waals surface area (Å²) in [6.07, 6.45) is 4.55. The van der Waals surface area contributed by atoms with Gasteiger partial charge >= 0.3 is 0 Å². The number of carbonyl (C=O) groups excluding carboxylic acids is 1. The Bertz CT molecular complexity index is 904. The number of benzene rings is 1. The maximum Gasteiger partial charge on any atom is 0.243 e. The van der Waals surface area contributed by atoms with Crippen molar-refractivity contribution in [1.29, 1.82) is 0 Å². The van der Waals surface area contributed by atoms with Gasteiger partial charge in [-0.2, -0.15) is 4.31 Å². The van der Waals surface area contributed by atoms with Gasteiger partial charge in [-0.15, -0.1) is 0 Å². The maximum atomic E-state index is 13.2. The van der Waals surface area contributed by atoms with Gasteiger partial charge in [0.1, 0.15) is 0 Å². The lowest BCUT2D eigenvalue weighted by Gasteiger charge is -2.30. The fourth-order valence-corrected chi connectivity index (χ4v) is 4.95. The van der Waals surface area contributed by atoms with E-state index >= 15 is 0 Å². The van der Waals surface area contributed by atoms with E-state index in [1.807, 2.05) is 48.7 Å². The van der Waals surface area contributed by atoms with Crippen molar-refractivity contribution in [1.82, 2.24) is 13.8 Å². The number of hydrogen-bond donors (Lipinski definition) is 0. The lowest BCUT2D eigenvalue weighted by molar-refractivity contribution is -0.133. The molecule has 28 heavy (non-hydrogen) atoms. The van der Waals surface area contributed by atoms with Crippen molar-refractivity contribution in [3.05, 3.63) is 54.4 Å². The van der Waals surface area contributed by atoms with Crippen LogP contribution in [0.25, 0.3) is 0 Å². The lowest BCUT2D eigenvalue weighted by atomic mass is 10.2. The quantitative estimate of drug-likeness (QED) is 0.647. The molecule has 1 amide bonds. The molecule has 0 N–H and O–H groups in total. The summed E-state index contributed by atoms with van der Waals surface area (Å²) in [4.78, 5) is 15.2. The van der Waals surface area contributed by atoms with E-state index < -0.39 is 10.0 Å². The van der Waals surface area contributed by atoms with Crippen LogP contribution in [0.15, 0.2) is 53.6 Å². The van der Waals surface area contributed by atoms with Gasteiger partial charge in [-0.1, -0.05) is 25.1 Å². The number of rotatable bonds is 9. The Labute approximate surface area is 167 Å². The molecule has 1 fully saturated rings. The first-order valence-electron chi connectivity index (χ1n) is 9.81.